The number of ketones is 2. The maximum absolute atomic E-state index is 14.0. The smallest absolute Gasteiger partial charge is 0.162 e. The van der Waals surface area contributed by atoms with Gasteiger partial charge in [0.25, 0.3) is 0 Å². The Morgan fingerprint density at radius 1 is 0.903 bits per heavy atom. The third-order valence-corrected chi connectivity index (χ3v) is 5.29. The Hall–Kier alpha value is -2.55. The molecule has 0 atom stereocenters. The van der Waals surface area contributed by atoms with Crippen LogP contribution in [-0.4, -0.2) is 11.6 Å². The fourth-order valence-corrected chi connectivity index (χ4v) is 3.43. The molecule has 2 rings (SSSR count). The number of allylic oxidation sites excluding steroid dienone is 2. The number of hydrogen-bond acceptors (Lipinski definition) is 2. The zero-order chi connectivity index (χ0) is 22.7. The Balaban J connectivity index is 0.00000291. The largest absolute Gasteiger partial charge is 0.295 e. The van der Waals surface area contributed by atoms with E-state index in [0.29, 0.717) is 36.0 Å². The summed E-state index contributed by atoms with van der Waals surface area (Å²) >= 11 is 0. The number of aryl methyl sites for hydroxylation is 1. The first-order chi connectivity index (χ1) is 14.4. The lowest BCUT2D eigenvalue weighted by Gasteiger charge is -2.14. The van der Waals surface area contributed by atoms with E-state index in [1.165, 1.54) is 24.1 Å². The van der Waals surface area contributed by atoms with Gasteiger partial charge in [-0.3, -0.25) is 9.59 Å². The summed E-state index contributed by atoms with van der Waals surface area (Å²) in [6.45, 7) is 11.5. The summed E-state index contributed by atoms with van der Waals surface area (Å²) in [5, 5.41) is 0. The molecule has 2 aromatic carbocycles. The molecule has 0 aromatic heterocycles. The van der Waals surface area contributed by atoms with Gasteiger partial charge in [0.05, 0.1) is 0 Å². The molecule has 170 valence electrons. The average molecular weight is 427 g/mol. The molecular weight excluding hydrogens is 387 g/mol. The molecule has 0 heterocycles. The standard InChI is InChI=1S/C25H29FO2.C2H6.CH4/c1-5-19(15-22-9-7-8-10-24(22)26)17(3)11-12-21-16-20(18(4)27)13-14-23(21)25(28)6-2;1-2;/h7-10,13-14,16H,5-6,11-12,15H2,1-4H3;1-2H3;1H4. The van der Waals surface area contributed by atoms with Gasteiger partial charge in [-0.05, 0) is 62.8 Å². The Bertz CT molecular complexity index is 894. The summed E-state index contributed by atoms with van der Waals surface area (Å²) in [6, 6.07) is 12.2. The van der Waals surface area contributed by atoms with E-state index >= 15 is 0 Å². The van der Waals surface area contributed by atoms with Crippen molar-refractivity contribution >= 4 is 11.6 Å². The van der Waals surface area contributed by atoms with E-state index in [1.807, 2.05) is 39.0 Å². The van der Waals surface area contributed by atoms with Crippen molar-refractivity contribution in [3.63, 3.8) is 0 Å². The van der Waals surface area contributed by atoms with E-state index in [2.05, 4.69) is 13.8 Å². The van der Waals surface area contributed by atoms with Crippen molar-refractivity contribution in [3.05, 3.63) is 81.7 Å². The minimum Gasteiger partial charge on any atom is -0.295 e. The fourth-order valence-electron chi connectivity index (χ4n) is 3.43. The summed E-state index contributed by atoms with van der Waals surface area (Å²) in [5.74, 6) is -0.0853. The van der Waals surface area contributed by atoms with Crippen LogP contribution in [-0.2, 0) is 12.8 Å². The summed E-state index contributed by atoms with van der Waals surface area (Å²) in [6.07, 6.45) is 3.37. The molecule has 0 aliphatic rings. The second-order valence-corrected chi connectivity index (χ2v) is 7.21. The van der Waals surface area contributed by atoms with E-state index in [0.717, 1.165) is 18.4 Å². The molecule has 0 radical (unpaired) electrons. The quantitative estimate of drug-likeness (QED) is 0.299. The predicted octanol–water partition coefficient (Wildman–Crippen LogP) is 8.19. The Morgan fingerprint density at radius 3 is 2.10 bits per heavy atom. The summed E-state index contributed by atoms with van der Waals surface area (Å²) < 4.78 is 14.0. The zero-order valence-electron chi connectivity index (χ0n) is 19.3. The van der Waals surface area contributed by atoms with E-state index in [4.69, 9.17) is 0 Å². The Morgan fingerprint density at radius 2 is 1.55 bits per heavy atom. The molecule has 0 bridgehead atoms. The van der Waals surface area contributed by atoms with Gasteiger partial charge in [-0.1, -0.05) is 76.6 Å². The molecule has 0 aliphatic carbocycles. The summed E-state index contributed by atoms with van der Waals surface area (Å²) in [5.41, 5.74) is 5.39. The molecule has 0 saturated heterocycles. The third-order valence-electron chi connectivity index (χ3n) is 5.29. The zero-order valence-corrected chi connectivity index (χ0v) is 19.3. The van der Waals surface area contributed by atoms with Crippen molar-refractivity contribution in [2.24, 2.45) is 0 Å². The predicted molar refractivity (Wildman–Crippen MR) is 131 cm³/mol. The van der Waals surface area contributed by atoms with Crippen LogP contribution in [0.2, 0.25) is 0 Å². The van der Waals surface area contributed by atoms with Crippen molar-refractivity contribution in [3.8, 4) is 0 Å². The lowest BCUT2D eigenvalue weighted by Crippen LogP contribution is -2.06. The van der Waals surface area contributed by atoms with E-state index in [9.17, 15) is 14.0 Å². The van der Waals surface area contributed by atoms with Crippen LogP contribution in [0.3, 0.4) is 0 Å². The van der Waals surface area contributed by atoms with Gasteiger partial charge in [0, 0.05) is 17.5 Å². The molecule has 0 unspecified atom stereocenters. The van der Waals surface area contributed by atoms with Gasteiger partial charge in [-0.25, -0.2) is 4.39 Å². The highest BCUT2D eigenvalue weighted by Gasteiger charge is 2.13. The Labute approximate surface area is 188 Å². The highest BCUT2D eigenvalue weighted by molar-refractivity contribution is 6.00. The van der Waals surface area contributed by atoms with Gasteiger partial charge in [0.1, 0.15) is 5.82 Å². The molecule has 0 spiro atoms. The Kier molecular flexibility index (Phi) is 13.3. The first-order valence-electron chi connectivity index (χ1n) is 10.9. The summed E-state index contributed by atoms with van der Waals surface area (Å²) in [7, 11) is 0. The fraction of sp³-hybridized carbons (Fsp3) is 0.429. The summed E-state index contributed by atoms with van der Waals surface area (Å²) in [4.78, 5) is 24.0. The minimum atomic E-state index is -0.175. The molecule has 0 N–H and O–H groups in total. The van der Waals surface area contributed by atoms with Crippen LogP contribution >= 0.6 is 0 Å². The molecule has 0 aliphatic heterocycles. The molecule has 31 heavy (non-hydrogen) atoms. The van der Waals surface area contributed by atoms with Gasteiger partial charge in [0.15, 0.2) is 11.6 Å². The second kappa shape index (κ2) is 14.5. The van der Waals surface area contributed by atoms with Crippen molar-refractivity contribution in [1.29, 1.82) is 0 Å². The van der Waals surface area contributed by atoms with Gasteiger partial charge >= 0.3 is 0 Å². The molecule has 0 saturated carbocycles. The third kappa shape index (κ3) is 8.24. The van der Waals surface area contributed by atoms with Crippen molar-refractivity contribution in [1.82, 2.24) is 0 Å². The van der Waals surface area contributed by atoms with Crippen LogP contribution in [0.25, 0.3) is 0 Å². The highest BCUT2D eigenvalue weighted by Crippen LogP contribution is 2.23. The van der Waals surface area contributed by atoms with Crippen LogP contribution in [0.5, 0.6) is 0 Å². The number of rotatable bonds is 9. The van der Waals surface area contributed by atoms with Crippen LogP contribution in [0.1, 0.15) is 100 Å². The van der Waals surface area contributed by atoms with Gasteiger partial charge in [-0.2, -0.15) is 0 Å². The van der Waals surface area contributed by atoms with Gasteiger partial charge in [-0.15, -0.1) is 0 Å². The minimum absolute atomic E-state index is 0. The first-order valence-corrected chi connectivity index (χ1v) is 10.9. The molecule has 3 heteroatoms. The van der Waals surface area contributed by atoms with Crippen LogP contribution in [0.4, 0.5) is 4.39 Å². The molecule has 0 fully saturated rings. The number of benzene rings is 2. The molecule has 0 amide bonds. The number of halogens is 1. The van der Waals surface area contributed by atoms with Gasteiger partial charge in [0.2, 0.25) is 0 Å². The monoisotopic (exact) mass is 426 g/mol. The number of carbonyl (C=O) groups excluding carboxylic acids is 2. The average Bonchev–Trinajstić information content (AvgIpc) is 2.77. The van der Waals surface area contributed by atoms with Gasteiger partial charge < -0.3 is 0 Å². The van der Waals surface area contributed by atoms with Crippen molar-refractivity contribution < 1.29 is 14.0 Å². The molecular formula is C28H39FO2. The SMILES string of the molecule is C.CC.CCC(=O)c1ccc(C(C)=O)cc1CCC(C)=C(CC)Cc1ccccc1F. The van der Waals surface area contributed by atoms with Crippen LogP contribution in [0.15, 0.2) is 53.6 Å². The van der Waals surface area contributed by atoms with Crippen LogP contribution < -0.4 is 0 Å². The lowest BCUT2D eigenvalue weighted by molar-refractivity contribution is 0.0982. The van der Waals surface area contributed by atoms with E-state index in [1.54, 1.807) is 18.2 Å². The number of carbonyl (C=O) groups is 2. The number of hydrogen-bond donors (Lipinski definition) is 0. The maximum Gasteiger partial charge on any atom is 0.162 e. The first kappa shape index (κ1) is 28.5. The van der Waals surface area contributed by atoms with Crippen LogP contribution in [0, 0.1) is 5.82 Å². The highest BCUT2D eigenvalue weighted by atomic mass is 19.1. The maximum atomic E-state index is 14.0. The number of Topliss-reactive ketones (excluding diaryl/α,β-unsaturated/α-hetero) is 2. The van der Waals surface area contributed by atoms with E-state index in [-0.39, 0.29) is 24.8 Å². The topological polar surface area (TPSA) is 34.1 Å². The van der Waals surface area contributed by atoms with Crippen molar-refractivity contribution in [2.75, 3.05) is 0 Å². The van der Waals surface area contributed by atoms with Crippen molar-refractivity contribution in [2.45, 2.75) is 81.1 Å². The molecule has 2 aromatic rings. The molecule has 2 nitrogen and oxygen atoms in total. The second-order valence-electron chi connectivity index (χ2n) is 7.21. The lowest BCUT2D eigenvalue weighted by atomic mass is 9.91. The normalized spacial score (nSPS) is 10.9. The van der Waals surface area contributed by atoms with E-state index < -0.39 is 0 Å².